The third-order valence-corrected chi connectivity index (χ3v) is 2.30. The topological polar surface area (TPSA) is 37.0 Å². The molecule has 0 radical (unpaired) electrons. The van der Waals surface area contributed by atoms with Crippen LogP contribution in [0, 0.1) is 6.92 Å². The fourth-order valence-corrected chi connectivity index (χ4v) is 1.61. The summed E-state index contributed by atoms with van der Waals surface area (Å²) in [5, 5.41) is 6.72. The molecule has 1 aromatic rings. The van der Waals surface area contributed by atoms with E-state index in [2.05, 4.69) is 15.6 Å². The minimum atomic E-state index is 0. The number of nitrogens with zero attached hydrogens (tertiary/aromatic N) is 1. The van der Waals surface area contributed by atoms with Crippen LogP contribution in [0.3, 0.4) is 0 Å². The predicted octanol–water partition coefficient (Wildman–Crippen LogP) is 2.43. The van der Waals surface area contributed by atoms with Crippen LogP contribution in [-0.2, 0) is 0 Å². The molecule has 1 fully saturated rings. The number of nitrogens with one attached hydrogen (secondary N) is 2. The van der Waals surface area contributed by atoms with Crippen LogP contribution in [0.25, 0.3) is 0 Å². The van der Waals surface area contributed by atoms with Crippen molar-refractivity contribution in [1.82, 2.24) is 10.3 Å². The summed E-state index contributed by atoms with van der Waals surface area (Å²) in [6, 6.07) is 6.62. The average molecular weight is 287 g/mol. The van der Waals surface area contributed by atoms with Gasteiger partial charge in [0, 0.05) is 18.3 Å². The number of halogens is 3. The molecular weight excluding hydrogens is 268 g/mol. The Morgan fingerprint density at radius 2 is 2.06 bits per heavy atom. The lowest BCUT2D eigenvalue weighted by Gasteiger charge is -2.11. The van der Waals surface area contributed by atoms with Gasteiger partial charge in [-0.1, -0.05) is 6.07 Å². The van der Waals surface area contributed by atoms with Gasteiger partial charge in [0.1, 0.15) is 5.82 Å². The Morgan fingerprint density at radius 1 is 1.31 bits per heavy atom. The summed E-state index contributed by atoms with van der Waals surface area (Å²) in [5.41, 5.74) is 1.07. The molecule has 3 nitrogen and oxygen atoms in total. The van der Waals surface area contributed by atoms with Crippen LogP contribution >= 0.6 is 37.2 Å². The molecule has 1 aromatic heterocycles. The number of hydrogen-bond donors (Lipinski definition) is 2. The monoisotopic (exact) mass is 285 g/mol. The molecular formula is C10H18Cl3N3. The van der Waals surface area contributed by atoms with Crippen LogP contribution in [0.4, 0.5) is 5.82 Å². The molecule has 1 aliphatic heterocycles. The Morgan fingerprint density at radius 3 is 2.62 bits per heavy atom. The summed E-state index contributed by atoms with van der Waals surface area (Å²) in [6.07, 6.45) is 1.19. The number of anilines is 1. The molecule has 94 valence electrons. The van der Waals surface area contributed by atoms with E-state index >= 15 is 0 Å². The van der Waals surface area contributed by atoms with Crippen molar-refractivity contribution >= 4 is 43.0 Å². The molecule has 2 heterocycles. The van der Waals surface area contributed by atoms with Crippen molar-refractivity contribution in [3.8, 4) is 0 Å². The second kappa shape index (κ2) is 8.88. The quantitative estimate of drug-likeness (QED) is 0.877. The molecule has 0 saturated carbocycles. The zero-order valence-corrected chi connectivity index (χ0v) is 11.6. The number of aromatic nitrogens is 1. The molecule has 0 bridgehead atoms. The summed E-state index contributed by atoms with van der Waals surface area (Å²) in [6.45, 7) is 4.18. The second-order valence-electron chi connectivity index (χ2n) is 3.50. The minimum absolute atomic E-state index is 0. The maximum absolute atomic E-state index is 4.40. The van der Waals surface area contributed by atoms with Crippen LogP contribution in [0.15, 0.2) is 18.2 Å². The van der Waals surface area contributed by atoms with Crippen molar-refractivity contribution in [1.29, 1.82) is 0 Å². The highest BCUT2D eigenvalue weighted by Crippen LogP contribution is 2.08. The summed E-state index contributed by atoms with van der Waals surface area (Å²) < 4.78 is 0. The van der Waals surface area contributed by atoms with Gasteiger partial charge in [0.05, 0.1) is 0 Å². The number of aryl methyl sites for hydroxylation is 1. The number of pyridine rings is 1. The molecule has 1 atom stereocenters. The molecule has 0 spiro atoms. The lowest BCUT2D eigenvalue weighted by Crippen LogP contribution is -2.22. The summed E-state index contributed by atoms with van der Waals surface area (Å²) >= 11 is 0. The Labute approximate surface area is 115 Å². The largest absolute Gasteiger partial charge is 0.366 e. The van der Waals surface area contributed by atoms with Crippen molar-refractivity contribution in [2.75, 3.05) is 18.4 Å². The van der Waals surface area contributed by atoms with E-state index in [-0.39, 0.29) is 37.2 Å². The van der Waals surface area contributed by atoms with Gasteiger partial charge in [0.15, 0.2) is 0 Å². The van der Waals surface area contributed by atoms with E-state index in [0.29, 0.717) is 6.04 Å². The van der Waals surface area contributed by atoms with Crippen molar-refractivity contribution in [2.45, 2.75) is 19.4 Å². The van der Waals surface area contributed by atoms with E-state index in [9.17, 15) is 0 Å². The molecule has 0 amide bonds. The molecule has 2 rings (SSSR count). The first-order chi connectivity index (χ1) is 6.34. The molecule has 0 aliphatic carbocycles. The normalized spacial score (nSPS) is 17.7. The van der Waals surface area contributed by atoms with Crippen LogP contribution < -0.4 is 10.6 Å². The van der Waals surface area contributed by atoms with Gasteiger partial charge >= 0.3 is 0 Å². The van der Waals surface area contributed by atoms with E-state index in [1.807, 2.05) is 25.1 Å². The zero-order valence-electron chi connectivity index (χ0n) is 9.10. The first-order valence-electron chi connectivity index (χ1n) is 4.75. The van der Waals surface area contributed by atoms with E-state index in [0.717, 1.165) is 24.6 Å². The maximum Gasteiger partial charge on any atom is 0.126 e. The molecule has 6 heteroatoms. The van der Waals surface area contributed by atoms with Gasteiger partial charge in [-0.15, -0.1) is 37.2 Å². The Kier molecular flexibility index (Phi) is 10.1. The number of rotatable bonds is 2. The van der Waals surface area contributed by atoms with Crippen molar-refractivity contribution in [3.05, 3.63) is 23.9 Å². The maximum atomic E-state index is 4.40. The first-order valence-corrected chi connectivity index (χ1v) is 4.75. The van der Waals surface area contributed by atoms with Gasteiger partial charge in [0.25, 0.3) is 0 Å². The van der Waals surface area contributed by atoms with Gasteiger partial charge in [-0.05, 0) is 32.0 Å². The van der Waals surface area contributed by atoms with Gasteiger partial charge in [-0.25, -0.2) is 4.98 Å². The van der Waals surface area contributed by atoms with Crippen LogP contribution in [0.1, 0.15) is 12.1 Å². The van der Waals surface area contributed by atoms with Crippen molar-refractivity contribution < 1.29 is 0 Å². The SMILES string of the molecule is Cc1cccc(NC2CCNC2)n1.Cl.Cl.Cl. The highest BCUT2D eigenvalue weighted by molar-refractivity contribution is 5.86. The Bertz CT molecular complexity index is 290. The summed E-state index contributed by atoms with van der Waals surface area (Å²) in [7, 11) is 0. The first kappa shape index (κ1) is 18.2. The lowest BCUT2D eigenvalue weighted by molar-refractivity contribution is 0.787. The Hall–Kier alpha value is -0.220. The van der Waals surface area contributed by atoms with Gasteiger partial charge in [-0.2, -0.15) is 0 Å². The zero-order chi connectivity index (χ0) is 9.10. The van der Waals surface area contributed by atoms with Crippen molar-refractivity contribution in [2.24, 2.45) is 0 Å². The summed E-state index contributed by atoms with van der Waals surface area (Å²) in [5.74, 6) is 0.994. The molecule has 16 heavy (non-hydrogen) atoms. The smallest absolute Gasteiger partial charge is 0.126 e. The molecule has 1 unspecified atom stereocenters. The van der Waals surface area contributed by atoms with E-state index in [1.165, 1.54) is 6.42 Å². The third kappa shape index (κ3) is 5.21. The standard InChI is InChI=1S/C10H15N3.3ClH/c1-8-3-2-4-10(12-8)13-9-5-6-11-7-9;;;/h2-4,9,11H,5-7H2,1H3,(H,12,13);3*1H. The molecule has 2 N–H and O–H groups in total. The predicted molar refractivity (Wildman–Crippen MR) is 75.6 cm³/mol. The highest BCUT2D eigenvalue weighted by atomic mass is 35.5. The summed E-state index contributed by atoms with van der Waals surface area (Å²) in [4.78, 5) is 4.40. The molecule has 0 aromatic carbocycles. The van der Waals surface area contributed by atoms with E-state index in [1.54, 1.807) is 0 Å². The van der Waals surface area contributed by atoms with E-state index in [4.69, 9.17) is 0 Å². The minimum Gasteiger partial charge on any atom is -0.366 e. The average Bonchev–Trinajstić information content (AvgIpc) is 2.57. The van der Waals surface area contributed by atoms with Gasteiger partial charge in [0.2, 0.25) is 0 Å². The fraction of sp³-hybridized carbons (Fsp3) is 0.500. The van der Waals surface area contributed by atoms with Crippen LogP contribution in [0.5, 0.6) is 0 Å². The van der Waals surface area contributed by atoms with Crippen LogP contribution in [0.2, 0.25) is 0 Å². The van der Waals surface area contributed by atoms with E-state index < -0.39 is 0 Å². The lowest BCUT2D eigenvalue weighted by atomic mass is 10.2. The molecule has 1 saturated heterocycles. The Balaban J connectivity index is 0. The highest BCUT2D eigenvalue weighted by Gasteiger charge is 2.13. The second-order valence-corrected chi connectivity index (χ2v) is 3.50. The van der Waals surface area contributed by atoms with Gasteiger partial charge < -0.3 is 10.6 Å². The van der Waals surface area contributed by atoms with Gasteiger partial charge in [-0.3, -0.25) is 0 Å². The van der Waals surface area contributed by atoms with Crippen molar-refractivity contribution in [3.63, 3.8) is 0 Å². The third-order valence-electron chi connectivity index (χ3n) is 2.30. The fourth-order valence-electron chi connectivity index (χ4n) is 1.61. The molecule has 1 aliphatic rings. The number of hydrogen-bond acceptors (Lipinski definition) is 3. The van der Waals surface area contributed by atoms with Crippen LogP contribution in [-0.4, -0.2) is 24.1 Å².